The van der Waals surface area contributed by atoms with Crippen LogP contribution in [0.4, 0.5) is 5.69 Å². The van der Waals surface area contributed by atoms with Crippen LogP contribution in [0.25, 0.3) is 0 Å². The molecule has 21 heavy (non-hydrogen) atoms. The van der Waals surface area contributed by atoms with E-state index in [1.165, 1.54) is 32.1 Å². The van der Waals surface area contributed by atoms with Gasteiger partial charge in [0.25, 0.3) is 0 Å². The van der Waals surface area contributed by atoms with E-state index in [2.05, 4.69) is 29.3 Å². The smallest absolute Gasteiger partial charge is 0.311 e. The lowest BCUT2D eigenvalue weighted by molar-refractivity contribution is -0.134. The topological polar surface area (TPSA) is 38.7 Å². The molecule has 0 N–H and O–H groups in total. The lowest BCUT2D eigenvalue weighted by Crippen LogP contribution is -2.07. The van der Waals surface area contributed by atoms with Crippen LogP contribution in [0, 0.1) is 0 Å². The maximum Gasteiger partial charge on any atom is 0.311 e. The third-order valence-electron chi connectivity index (χ3n) is 3.23. The molecule has 0 spiro atoms. The Bertz CT molecular complexity index is 464. The molecule has 0 unspecified atom stereocenters. The fourth-order valence-electron chi connectivity index (χ4n) is 2.05. The van der Waals surface area contributed by atoms with E-state index < -0.39 is 0 Å². The monoisotopic (exact) mass is 305 g/mol. The molecule has 1 aromatic rings. The lowest BCUT2D eigenvalue weighted by atomic mass is 10.1. The number of thiocarbonyl (C=S) groups is 1. The summed E-state index contributed by atoms with van der Waals surface area (Å²) >= 11 is 4.53. The Kier molecular flexibility index (Phi) is 9.34. The van der Waals surface area contributed by atoms with Crippen molar-refractivity contribution in [2.24, 2.45) is 4.99 Å². The van der Waals surface area contributed by atoms with Gasteiger partial charge in [0.2, 0.25) is 0 Å². The van der Waals surface area contributed by atoms with Crippen molar-refractivity contribution in [1.29, 1.82) is 0 Å². The molecular formula is C17H23NO2S. The summed E-state index contributed by atoms with van der Waals surface area (Å²) in [5.41, 5.74) is 0.705. The fraction of sp³-hybridized carbons (Fsp3) is 0.529. The summed E-state index contributed by atoms with van der Waals surface area (Å²) in [7, 11) is 0. The van der Waals surface area contributed by atoms with Crippen LogP contribution < -0.4 is 4.74 Å². The number of esters is 1. The third-order valence-corrected chi connectivity index (χ3v) is 3.32. The number of carbonyl (C=O) groups excluding carboxylic acids is 1. The minimum atomic E-state index is -0.172. The Hall–Kier alpha value is -1.51. The van der Waals surface area contributed by atoms with Gasteiger partial charge in [-0.25, -0.2) is 0 Å². The zero-order valence-electron chi connectivity index (χ0n) is 12.6. The maximum absolute atomic E-state index is 11.7. The van der Waals surface area contributed by atoms with Crippen LogP contribution in [0.2, 0.25) is 0 Å². The Labute approximate surface area is 132 Å². The highest BCUT2D eigenvalue weighted by Gasteiger charge is 2.04. The standard InChI is InChI=1S/C17H23NO2S/c1-2-3-4-5-6-7-8-9-17(19)20-16-12-10-15(11-13-16)18-14-21/h10-13H,2-9H2,1H3. The average Bonchev–Trinajstić information content (AvgIpc) is 2.49. The van der Waals surface area contributed by atoms with Crippen LogP contribution in [-0.4, -0.2) is 11.1 Å². The third kappa shape index (κ3) is 8.38. The van der Waals surface area contributed by atoms with Gasteiger partial charge in [0.1, 0.15) is 5.75 Å². The second-order valence-electron chi connectivity index (χ2n) is 5.04. The first-order valence-corrected chi connectivity index (χ1v) is 8.05. The van der Waals surface area contributed by atoms with E-state index >= 15 is 0 Å². The molecule has 0 bridgehead atoms. The number of unbranched alkanes of at least 4 members (excludes halogenated alkanes) is 6. The van der Waals surface area contributed by atoms with E-state index in [1.807, 2.05) is 0 Å². The first kappa shape index (κ1) is 17.5. The predicted molar refractivity (Wildman–Crippen MR) is 89.4 cm³/mol. The highest BCUT2D eigenvalue weighted by molar-refractivity contribution is 7.78. The van der Waals surface area contributed by atoms with Gasteiger partial charge in [0.15, 0.2) is 0 Å². The summed E-state index contributed by atoms with van der Waals surface area (Å²) in [6.45, 7) is 2.21. The molecule has 3 nitrogen and oxygen atoms in total. The van der Waals surface area contributed by atoms with Crippen molar-refractivity contribution in [2.75, 3.05) is 0 Å². The molecule has 1 rings (SSSR count). The molecule has 0 saturated carbocycles. The summed E-state index contributed by atoms with van der Waals surface area (Å²) in [5, 5.41) is 2.30. The summed E-state index contributed by atoms with van der Waals surface area (Å²) in [6.07, 6.45) is 8.83. The number of ether oxygens (including phenoxy) is 1. The second kappa shape index (κ2) is 11.2. The first-order chi connectivity index (χ1) is 10.3. The van der Waals surface area contributed by atoms with Crippen molar-refractivity contribution in [1.82, 2.24) is 0 Å². The van der Waals surface area contributed by atoms with Gasteiger partial charge in [-0.05, 0) is 42.9 Å². The van der Waals surface area contributed by atoms with Crippen molar-refractivity contribution < 1.29 is 9.53 Å². The summed E-state index contributed by atoms with van der Waals surface area (Å²) in [5.74, 6) is 0.376. The van der Waals surface area contributed by atoms with Gasteiger partial charge in [0, 0.05) is 6.42 Å². The number of isothiocyanates is 1. The van der Waals surface area contributed by atoms with E-state index in [-0.39, 0.29) is 5.97 Å². The van der Waals surface area contributed by atoms with Crippen molar-refractivity contribution in [3.63, 3.8) is 0 Å². The van der Waals surface area contributed by atoms with Crippen LogP contribution in [-0.2, 0) is 4.79 Å². The van der Waals surface area contributed by atoms with Gasteiger partial charge >= 0.3 is 5.97 Å². The Balaban J connectivity index is 2.17. The average molecular weight is 305 g/mol. The van der Waals surface area contributed by atoms with Crippen LogP contribution in [0.15, 0.2) is 29.3 Å². The molecule has 0 aliphatic heterocycles. The highest BCUT2D eigenvalue weighted by Crippen LogP contribution is 2.18. The number of hydrogen-bond acceptors (Lipinski definition) is 4. The number of nitrogens with zero attached hydrogens (tertiary/aromatic N) is 1. The Morgan fingerprint density at radius 2 is 1.71 bits per heavy atom. The van der Waals surface area contributed by atoms with Crippen molar-refractivity contribution in [3.05, 3.63) is 24.3 Å². The quantitative estimate of drug-likeness (QED) is 0.189. The normalized spacial score (nSPS) is 9.95. The summed E-state index contributed by atoms with van der Waals surface area (Å²) in [6, 6.07) is 6.92. The molecule has 0 fully saturated rings. The van der Waals surface area contributed by atoms with Crippen LogP contribution in [0.1, 0.15) is 58.3 Å². The molecular weight excluding hydrogens is 282 g/mol. The predicted octanol–water partition coefficient (Wildman–Crippen LogP) is 5.47. The van der Waals surface area contributed by atoms with E-state index in [9.17, 15) is 4.79 Å². The van der Waals surface area contributed by atoms with Gasteiger partial charge < -0.3 is 4.74 Å². The van der Waals surface area contributed by atoms with Gasteiger partial charge in [-0.3, -0.25) is 4.79 Å². The van der Waals surface area contributed by atoms with E-state index in [0.29, 0.717) is 17.9 Å². The molecule has 1 aromatic carbocycles. The molecule has 0 aromatic heterocycles. The Morgan fingerprint density at radius 3 is 2.33 bits per heavy atom. The maximum atomic E-state index is 11.7. The number of rotatable bonds is 10. The van der Waals surface area contributed by atoms with Gasteiger partial charge in [0.05, 0.1) is 10.8 Å². The van der Waals surface area contributed by atoms with Gasteiger partial charge in [-0.15, -0.1) is 0 Å². The minimum absolute atomic E-state index is 0.172. The number of hydrogen-bond donors (Lipinski definition) is 0. The van der Waals surface area contributed by atoms with Crippen LogP contribution in [0.3, 0.4) is 0 Å². The zero-order chi connectivity index (χ0) is 15.3. The van der Waals surface area contributed by atoms with E-state index in [0.717, 1.165) is 12.8 Å². The SMILES string of the molecule is CCCCCCCCCC(=O)Oc1ccc(N=C=S)cc1. The lowest BCUT2D eigenvalue weighted by Gasteiger charge is -2.04. The molecule has 0 amide bonds. The largest absolute Gasteiger partial charge is 0.427 e. The zero-order valence-corrected chi connectivity index (χ0v) is 13.5. The molecule has 0 atom stereocenters. The van der Waals surface area contributed by atoms with Crippen molar-refractivity contribution in [3.8, 4) is 5.75 Å². The van der Waals surface area contributed by atoms with E-state index in [4.69, 9.17) is 4.74 Å². The summed E-state index contributed by atoms with van der Waals surface area (Å²) in [4.78, 5) is 15.5. The Morgan fingerprint density at radius 1 is 1.10 bits per heavy atom. The summed E-state index contributed by atoms with van der Waals surface area (Å²) < 4.78 is 5.27. The molecule has 0 radical (unpaired) electrons. The molecule has 0 heterocycles. The van der Waals surface area contributed by atoms with Gasteiger partial charge in [-0.1, -0.05) is 45.4 Å². The molecule has 114 valence electrons. The minimum Gasteiger partial charge on any atom is -0.427 e. The molecule has 4 heteroatoms. The molecule has 0 aliphatic rings. The number of benzene rings is 1. The number of carbonyl (C=O) groups is 1. The van der Waals surface area contributed by atoms with E-state index in [1.54, 1.807) is 24.3 Å². The van der Waals surface area contributed by atoms with Crippen molar-refractivity contribution >= 4 is 29.0 Å². The molecule has 0 saturated heterocycles. The fourth-order valence-corrected chi connectivity index (χ4v) is 2.16. The number of aliphatic imine (C=N–C) groups is 1. The van der Waals surface area contributed by atoms with Crippen LogP contribution >= 0.6 is 12.2 Å². The van der Waals surface area contributed by atoms with Gasteiger partial charge in [-0.2, -0.15) is 4.99 Å². The van der Waals surface area contributed by atoms with Crippen molar-refractivity contribution in [2.45, 2.75) is 58.3 Å². The second-order valence-corrected chi connectivity index (χ2v) is 5.22. The highest BCUT2D eigenvalue weighted by atomic mass is 32.1. The first-order valence-electron chi connectivity index (χ1n) is 7.65. The van der Waals surface area contributed by atoms with Crippen LogP contribution in [0.5, 0.6) is 5.75 Å². The molecule has 0 aliphatic carbocycles.